The molecule has 0 spiro atoms. The summed E-state index contributed by atoms with van der Waals surface area (Å²) in [6.45, 7) is 2.46. The molecule has 0 unspecified atom stereocenters. The van der Waals surface area contributed by atoms with E-state index in [0.717, 1.165) is 16.8 Å². The van der Waals surface area contributed by atoms with Gasteiger partial charge in [0.15, 0.2) is 16.7 Å². The summed E-state index contributed by atoms with van der Waals surface area (Å²) in [5.41, 5.74) is 3.28. The van der Waals surface area contributed by atoms with Crippen LogP contribution in [0.25, 0.3) is 0 Å². The van der Waals surface area contributed by atoms with Crippen molar-refractivity contribution >= 4 is 29.3 Å². The highest BCUT2D eigenvalue weighted by Crippen LogP contribution is 2.27. The molecule has 1 amide bonds. The van der Waals surface area contributed by atoms with Gasteiger partial charge in [-0.15, -0.1) is 0 Å². The normalized spacial score (nSPS) is 10.8. The highest BCUT2D eigenvalue weighted by Gasteiger charge is 2.16. The number of rotatable bonds is 11. The minimum absolute atomic E-state index is 0.104. The molecule has 0 radical (unpaired) electrons. The number of aryl methyl sites for hydroxylation is 1. The molecule has 0 aliphatic heterocycles. The Morgan fingerprint density at radius 3 is 2.57 bits per heavy atom. The second-order valence-electron chi connectivity index (χ2n) is 7.92. The fourth-order valence-corrected chi connectivity index (χ4v) is 4.71. The Bertz CT molecular complexity index is 1250. The minimum atomic E-state index is -0.120. The molecule has 2 aromatic carbocycles. The number of aromatic nitrogens is 2. The third kappa shape index (κ3) is 7.02. The first kappa shape index (κ1) is 26.6. The van der Waals surface area contributed by atoms with Gasteiger partial charge < -0.3 is 14.8 Å². The smallest absolute Gasteiger partial charge is 0.257 e. The maximum Gasteiger partial charge on any atom is 0.257 e. The lowest BCUT2D eigenvalue weighted by atomic mass is 10.0. The van der Waals surface area contributed by atoms with Crippen LogP contribution in [0, 0.1) is 0 Å². The molecule has 0 saturated heterocycles. The molecular weight excluding hydrogens is 486 g/mol. The molecule has 0 fully saturated rings. The molecule has 0 aliphatic carbocycles. The van der Waals surface area contributed by atoms with Crippen molar-refractivity contribution < 1.29 is 14.3 Å². The van der Waals surface area contributed by atoms with E-state index in [1.165, 1.54) is 16.3 Å². The van der Waals surface area contributed by atoms with Crippen molar-refractivity contribution in [3.63, 3.8) is 0 Å². The van der Waals surface area contributed by atoms with E-state index in [0.29, 0.717) is 53.0 Å². The number of carbonyl (C=O) groups is 1. The Labute approximate surface area is 214 Å². The molecular formula is C26H30ClN3O4S. The fraction of sp³-hybridized carbons (Fsp3) is 0.346. The molecule has 7 nitrogen and oxygen atoms in total. The molecule has 1 aromatic heterocycles. The van der Waals surface area contributed by atoms with Gasteiger partial charge in [-0.25, -0.2) is 4.98 Å². The van der Waals surface area contributed by atoms with Gasteiger partial charge in [-0.3, -0.25) is 14.2 Å². The Balaban J connectivity index is 1.60. The van der Waals surface area contributed by atoms with Crippen LogP contribution < -0.4 is 20.3 Å². The zero-order chi connectivity index (χ0) is 25.4. The number of hydrogen-bond acceptors (Lipinski definition) is 6. The van der Waals surface area contributed by atoms with Gasteiger partial charge in [0, 0.05) is 30.6 Å². The minimum Gasteiger partial charge on any atom is -0.493 e. The summed E-state index contributed by atoms with van der Waals surface area (Å²) in [4.78, 5) is 30.2. The van der Waals surface area contributed by atoms with E-state index in [1.54, 1.807) is 27.3 Å². The highest BCUT2D eigenvalue weighted by atomic mass is 35.5. The predicted molar refractivity (Wildman–Crippen MR) is 140 cm³/mol. The van der Waals surface area contributed by atoms with Crippen LogP contribution in [0.4, 0.5) is 0 Å². The van der Waals surface area contributed by atoms with Gasteiger partial charge in [0.1, 0.15) is 0 Å². The lowest BCUT2D eigenvalue weighted by Gasteiger charge is -2.13. The summed E-state index contributed by atoms with van der Waals surface area (Å²) in [5, 5.41) is 4.08. The molecule has 186 valence electrons. The van der Waals surface area contributed by atoms with Crippen molar-refractivity contribution in [2.24, 2.45) is 7.05 Å². The number of benzene rings is 2. The van der Waals surface area contributed by atoms with Crippen LogP contribution in [0.5, 0.6) is 11.5 Å². The third-order valence-electron chi connectivity index (χ3n) is 5.55. The third-order valence-corrected chi connectivity index (χ3v) is 6.81. The van der Waals surface area contributed by atoms with E-state index in [-0.39, 0.29) is 17.2 Å². The summed E-state index contributed by atoms with van der Waals surface area (Å²) >= 11 is 7.35. The summed E-state index contributed by atoms with van der Waals surface area (Å²) < 4.78 is 12.1. The first-order valence-electron chi connectivity index (χ1n) is 11.3. The summed E-state index contributed by atoms with van der Waals surface area (Å²) in [5.74, 6) is 1.37. The van der Waals surface area contributed by atoms with E-state index in [1.807, 2.05) is 43.3 Å². The fourth-order valence-electron chi connectivity index (χ4n) is 3.68. The molecule has 0 bridgehead atoms. The maximum absolute atomic E-state index is 13.1. The monoisotopic (exact) mass is 515 g/mol. The Morgan fingerprint density at radius 2 is 1.89 bits per heavy atom. The van der Waals surface area contributed by atoms with Crippen molar-refractivity contribution in [3.8, 4) is 11.5 Å². The zero-order valence-corrected chi connectivity index (χ0v) is 22.0. The van der Waals surface area contributed by atoms with Gasteiger partial charge in [0.2, 0.25) is 5.91 Å². The van der Waals surface area contributed by atoms with Crippen molar-refractivity contribution in [2.45, 2.75) is 31.3 Å². The number of amides is 1. The quantitative estimate of drug-likeness (QED) is 0.306. The first-order valence-corrected chi connectivity index (χ1v) is 12.7. The highest BCUT2D eigenvalue weighted by molar-refractivity contribution is 7.99. The number of thioether (sulfide) groups is 1. The van der Waals surface area contributed by atoms with Crippen LogP contribution in [-0.2, 0) is 31.1 Å². The number of hydrogen-bond donors (Lipinski definition) is 1. The van der Waals surface area contributed by atoms with Gasteiger partial charge in [-0.1, -0.05) is 48.5 Å². The zero-order valence-electron chi connectivity index (χ0n) is 20.4. The number of nitrogens with one attached hydrogen (secondary N) is 1. The van der Waals surface area contributed by atoms with Crippen molar-refractivity contribution in [2.75, 3.05) is 26.5 Å². The molecule has 1 heterocycles. The molecule has 3 aromatic rings. The summed E-state index contributed by atoms with van der Waals surface area (Å²) in [6, 6.07) is 13.2. The van der Waals surface area contributed by atoms with E-state index in [9.17, 15) is 9.59 Å². The number of methoxy groups -OCH3 is 2. The SMILES string of the molecule is CCc1nc(SCC(=O)NCCc2ccc(OC)c(OC)c2)n(C)c(=O)c1Cc1cccc(Cl)c1. The topological polar surface area (TPSA) is 82.4 Å². The van der Waals surface area contributed by atoms with Crippen LogP contribution in [0.1, 0.15) is 29.3 Å². The predicted octanol–water partition coefficient (Wildman–Crippen LogP) is 4.06. The van der Waals surface area contributed by atoms with Crippen LogP contribution in [0.3, 0.4) is 0 Å². The number of ether oxygens (including phenoxy) is 2. The standard InChI is InChI=1S/C26H30ClN3O4S/c1-5-21-20(14-18-7-6-8-19(27)13-18)25(32)30(2)26(29-21)35-16-24(31)28-12-11-17-9-10-22(33-3)23(15-17)34-4/h6-10,13,15H,5,11-12,14,16H2,1-4H3,(H,28,31). The maximum atomic E-state index is 13.1. The Morgan fingerprint density at radius 1 is 1.11 bits per heavy atom. The van der Waals surface area contributed by atoms with Gasteiger partial charge in [-0.05, 0) is 48.2 Å². The molecule has 35 heavy (non-hydrogen) atoms. The van der Waals surface area contributed by atoms with Crippen molar-refractivity contribution in [3.05, 3.63) is 80.2 Å². The van der Waals surface area contributed by atoms with Gasteiger partial charge >= 0.3 is 0 Å². The van der Waals surface area contributed by atoms with E-state index in [4.69, 9.17) is 26.1 Å². The number of halogens is 1. The molecule has 0 atom stereocenters. The van der Waals surface area contributed by atoms with E-state index < -0.39 is 0 Å². The second kappa shape index (κ2) is 12.7. The second-order valence-corrected chi connectivity index (χ2v) is 9.30. The Hall–Kier alpha value is -2.97. The average Bonchev–Trinajstić information content (AvgIpc) is 2.86. The van der Waals surface area contributed by atoms with Crippen LogP contribution in [0.15, 0.2) is 52.4 Å². The molecule has 3 rings (SSSR count). The lowest BCUT2D eigenvalue weighted by Crippen LogP contribution is -2.29. The van der Waals surface area contributed by atoms with Gasteiger partial charge in [-0.2, -0.15) is 0 Å². The van der Waals surface area contributed by atoms with Gasteiger partial charge in [0.25, 0.3) is 5.56 Å². The van der Waals surface area contributed by atoms with Crippen molar-refractivity contribution in [1.82, 2.24) is 14.9 Å². The largest absolute Gasteiger partial charge is 0.493 e. The van der Waals surface area contributed by atoms with Gasteiger partial charge in [0.05, 0.1) is 25.7 Å². The van der Waals surface area contributed by atoms with E-state index >= 15 is 0 Å². The van der Waals surface area contributed by atoms with Crippen molar-refractivity contribution in [1.29, 1.82) is 0 Å². The van der Waals surface area contributed by atoms with Crippen LogP contribution in [-0.4, -0.2) is 42.0 Å². The molecule has 9 heteroatoms. The van der Waals surface area contributed by atoms with Crippen LogP contribution in [0.2, 0.25) is 5.02 Å². The van der Waals surface area contributed by atoms with Crippen LogP contribution >= 0.6 is 23.4 Å². The molecule has 0 saturated carbocycles. The number of nitrogens with zero attached hydrogens (tertiary/aromatic N) is 2. The lowest BCUT2D eigenvalue weighted by molar-refractivity contribution is -0.118. The van der Waals surface area contributed by atoms with E-state index in [2.05, 4.69) is 5.32 Å². The summed E-state index contributed by atoms with van der Waals surface area (Å²) in [6.07, 6.45) is 1.74. The average molecular weight is 516 g/mol. The first-order chi connectivity index (χ1) is 16.9. The summed E-state index contributed by atoms with van der Waals surface area (Å²) in [7, 11) is 4.87. The molecule has 0 aliphatic rings. The molecule has 1 N–H and O–H groups in total. The Kier molecular flexibility index (Phi) is 9.63. The number of carbonyl (C=O) groups excluding carboxylic acids is 1.